The van der Waals surface area contributed by atoms with Crippen LogP contribution in [0.4, 0.5) is 0 Å². The summed E-state index contributed by atoms with van der Waals surface area (Å²) in [5.41, 5.74) is 0.415. The summed E-state index contributed by atoms with van der Waals surface area (Å²) in [6, 6.07) is 0. The molecule has 0 aromatic carbocycles. The molecule has 58 valence electrons. The number of rotatable bonds is 0. The average molecular weight is 140 g/mol. The molecule has 2 saturated carbocycles. The van der Waals surface area contributed by atoms with E-state index in [0.717, 1.165) is 6.42 Å². The fraction of sp³-hybridized carbons (Fsp3) is 1.00. The van der Waals surface area contributed by atoms with Crippen LogP contribution in [-0.4, -0.2) is 11.2 Å². The van der Waals surface area contributed by atoms with E-state index in [-0.39, 0.29) is 6.10 Å². The van der Waals surface area contributed by atoms with Crippen molar-refractivity contribution in [2.75, 3.05) is 0 Å². The fourth-order valence-corrected chi connectivity index (χ4v) is 2.52. The van der Waals surface area contributed by atoms with Crippen molar-refractivity contribution in [1.29, 1.82) is 0 Å². The second kappa shape index (κ2) is 2.23. The summed E-state index contributed by atoms with van der Waals surface area (Å²) in [5.74, 6) is 0. The van der Waals surface area contributed by atoms with E-state index in [1.807, 2.05) is 0 Å². The Morgan fingerprint density at radius 3 is 2.00 bits per heavy atom. The predicted molar refractivity (Wildman–Crippen MR) is 40.8 cm³/mol. The van der Waals surface area contributed by atoms with E-state index < -0.39 is 0 Å². The summed E-state index contributed by atoms with van der Waals surface area (Å²) in [4.78, 5) is 0. The lowest BCUT2D eigenvalue weighted by Gasteiger charge is -2.49. The van der Waals surface area contributed by atoms with Crippen molar-refractivity contribution < 1.29 is 5.11 Å². The minimum absolute atomic E-state index is 0.0628. The molecule has 0 bridgehead atoms. The molecule has 2 aliphatic rings. The fourth-order valence-electron chi connectivity index (χ4n) is 2.52. The van der Waals surface area contributed by atoms with Gasteiger partial charge in [0.1, 0.15) is 0 Å². The van der Waals surface area contributed by atoms with Crippen LogP contribution in [0.2, 0.25) is 0 Å². The molecule has 2 rings (SSSR count). The largest absolute Gasteiger partial charge is 0.393 e. The third-order valence-electron chi connectivity index (χ3n) is 3.47. The Labute approximate surface area is 62.4 Å². The Morgan fingerprint density at radius 1 is 1.00 bits per heavy atom. The maximum atomic E-state index is 9.52. The van der Waals surface area contributed by atoms with Crippen molar-refractivity contribution in [3.63, 3.8) is 0 Å². The van der Waals surface area contributed by atoms with Gasteiger partial charge in [0, 0.05) is 0 Å². The third-order valence-corrected chi connectivity index (χ3v) is 3.47. The first-order chi connectivity index (χ1) is 4.83. The molecule has 1 atom stereocenters. The Balaban J connectivity index is 1.99. The highest BCUT2D eigenvalue weighted by molar-refractivity contribution is 4.97. The van der Waals surface area contributed by atoms with Crippen LogP contribution in [0.3, 0.4) is 0 Å². The first kappa shape index (κ1) is 6.66. The summed E-state index contributed by atoms with van der Waals surface area (Å²) < 4.78 is 0. The van der Waals surface area contributed by atoms with Gasteiger partial charge in [-0.3, -0.25) is 0 Å². The molecule has 0 aromatic heterocycles. The third kappa shape index (κ3) is 0.800. The molecule has 1 heteroatoms. The van der Waals surface area contributed by atoms with E-state index in [1.165, 1.54) is 38.5 Å². The zero-order valence-electron chi connectivity index (χ0n) is 6.47. The molecule has 2 fully saturated rings. The van der Waals surface area contributed by atoms with E-state index in [4.69, 9.17) is 0 Å². The number of hydrogen-bond acceptors (Lipinski definition) is 1. The molecule has 1 nitrogen and oxygen atoms in total. The zero-order chi connectivity index (χ0) is 7.03. The highest BCUT2D eigenvalue weighted by Gasteiger charge is 2.45. The van der Waals surface area contributed by atoms with Gasteiger partial charge >= 0.3 is 0 Å². The second-order valence-electron chi connectivity index (χ2n) is 3.98. The van der Waals surface area contributed by atoms with Gasteiger partial charge in [0.2, 0.25) is 0 Å². The van der Waals surface area contributed by atoms with Gasteiger partial charge in [0.25, 0.3) is 0 Å². The van der Waals surface area contributed by atoms with Crippen molar-refractivity contribution in [2.45, 2.75) is 51.0 Å². The molecule has 0 aromatic rings. The normalized spacial score (nSPS) is 37.5. The van der Waals surface area contributed by atoms with Gasteiger partial charge in [0.15, 0.2) is 0 Å². The lowest BCUT2D eigenvalue weighted by atomic mass is 9.59. The Morgan fingerprint density at radius 2 is 1.70 bits per heavy atom. The molecule has 1 spiro atoms. The van der Waals surface area contributed by atoms with E-state index in [2.05, 4.69) is 0 Å². The van der Waals surface area contributed by atoms with Crippen LogP contribution in [0.5, 0.6) is 0 Å². The molecule has 0 unspecified atom stereocenters. The molecule has 0 saturated heterocycles. The van der Waals surface area contributed by atoms with Gasteiger partial charge in [-0.25, -0.2) is 0 Å². The quantitative estimate of drug-likeness (QED) is 0.546. The van der Waals surface area contributed by atoms with E-state index in [0.29, 0.717) is 5.41 Å². The molecule has 10 heavy (non-hydrogen) atoms. The summed E-state index contributed by atoms with van der Waals surface area (Å²) in [6.45, 7) is 0. The van der Waals surface area contributed by atoms with Crippen LogP contribution >= 0.6 is 0 Å². The molecule has 0 heterocycles. The summed E-state index contributed by atoms with van der Waals surface area (Å²) in [6.07, 6.45) is 9.15. The van der Waals surface area contributed by atoms with Crippen LogP contribution in [0.15, 0.2) is 0 Å². The number of aliphatic hydroxyl groups excluding tert-OH is 1. The molecular formula is C9H16O. The van der Waals surface area contributed by atoms with Gasteiger partial charge in [-0.05, 0) is 31.1 Å². The summed E-state index contributed by atoms with van der Waals surface area (Å²) in [5, 5.41) is 9.52. The Kier molecular flexibility index (Phi) is 1.48. The maximum absolute atomic E-state index is 9.52. The molecule has 0 amide bonds. The average Bonchev–Trinajstić information content (AvgIpc) is 2.04. The Hall–Kier alpha value is -0.0400. The monoisotopic (exact) mass is 140 g/mol. The van der Waals surface area contributed by atoms with Gasteiger partial charge in [0.05, 0.1) is 6.10 Å². The van der Waals surface area contributed by atoms with E-state index in [1.54, 1.807) is 0 Å². The van der Waals surface area contributed by atoms with Crippen LogP contribution in [-0.2, 0) is 0 Å². The van der Waals surface area contributed by atoms with Crippen molar-refractivity contribution in [3.8, 4) is 0 Å². The van der Waals surface area contributed by atoms with Crippen LogP contribution in [0, 0.1) is 5.41 Å². The topological polar surface area (TPSA) is 20.2 Å². The lowest BCUT2D eigenvalue weighted by molar-refractivity contribution is -0.0869. The van der Waals surface area contributed by atoms with Crippen LogP contribution in [0.1, 0.15) is 44.9 Å². The highest BCUT2D eigenvalue weighted by atomic mass is 16.3. The SMILES string of the molecule is O[C@@H]1CCC12CCCCC2. The standard InChI is InChI=1S/C9H16O/c10-8-4-7-9(8)5-2-1-3-6-9/h8,10H,1-7H2/t8-/m1/s1. The van der Waals surface area contributed by atoms with E-state index in [9.17, 15) is 5.11 Å². The predicted octanol–water partition coefficient (Wildman–Crippen LogP) is 2.09. The van der Waals surface area contributed by atoms with Gasteiger partial charge in [-0.1, -0.05) is 19.3 Å². The van der Waals surface area contributed by atoms with Crippen LogP contribution in [0.25, 0.3) is 0 Å². The molecule has 1 N–H and O–H groups in total. The van der Waals surface area contributed by atoms with Crippen molar-refractivity contribution in [3.05, 3.63) is 0 Å². The molecular weight excluding hydrogens is 124 g/mol. The van der Waals surface area contributed by atoms with Crippen molar-refractivity contribution in [2.24, 2.45) is 5.41 Å². The minimum Gasteiger partial charge on any atom is -0.393 e. The minimum atomic E-state index is 0.0628. The molecule has 2 aliphatic carbocycles. The number of hydrogen-bond donors (Lipinski definition) is 1. The first-order valence-electron chi connectivity index (χ1n) is 4.52. The Bertz CT molecular complexity index is 125. The smallest absolute Gasteiger partial charge is 0.0596 e. The highest BCUT2D eigenvalue weighted by Crippen LogP contribution is 2.51. The lowest BCUT2D eigenvalue weighted by Crippen LogP contribution is -2.45. The maximum Gasteiger partial charge on any atom is 0.0596 e. The van der Waals surface area contributed by atoms with Gasteiger partial charge < -0.3 is 5.11 Å². The number of aliphatic hydroxyl groups is 1. The van der Waals surface area contributed by atoms with Crippen molar-refractivity contribution in [1.82, 2.24) is 0 Å². The molecule has 0 aliphatic heterocycles. The first-order valence-corrected chi connectivity index (χ1v) is 4.52. The summed E-state index contributed by atoms with van der Waals surface area (Å²) in [7, 11) is 0. The van der Waals surface area contributed by atoms with Crippen LogP contribution < -0.4 is 0 Å². The van der Waals surface area contributed by atoms with Gasteiger partial charge in [-0.2, -0.15) is 0 Å². The van der Waals surface area contributed by atoms with Gasteiger partial charge in [-0.15, -0.1) is 0 Å². The van der Waals surface area contributed by atoms with E-state index >= 15 is 0 Å². The second-order valence-corrected chi connectivity index (χ2v) is 3.98. The zero-order valence-corrected chi connectivity index (χ0v) is 6.47. The summed E-state index contributed by atoms with van der Waals surface area (Å²) >= 11 is 0. The van der Waals surface area contributed by atoms with Crippen molar-refractivity contribution >= 4 is 0 Å². The molecule has 0 radical (unpaired) electrons.